The van der Waals surface area contributed by atoms with E-state index >= 15 is 0 Å². The third-order valence-electron chi connectivity index (χ3n) is 5.28. The summed E-state index contributed by atoms with van der Waals surface area (Å²) in [7, 11) is -3.67. The van der Waals surface area contributed by atoms with Crippen LogP contribution in [0.1, 0.15) is 42.5 Å². The molecule has 1 atom stereocenters. The lowest BCUT2D eigenvalue weighted by molar-refractivity contribution is 0.0642. The Bertz CT molecular complexity index is 746. The van der Waals surface area contributed by atoms with Gasteiger partial charge in [0.15, 0.2) is 0 Å². The molecule has 0 bridgehead atoms. The van der Waals surface area contributed by atoms with Crippen LogP contribution in [-0.4, -0.2) is 62.7 Å². The van der Waals surface area contributed by atoms with Crippen LogP contribution >= 0.6 is 0 Å². The van der Waals surface area contributed by atoms with Gasteiger partial charge in [0.2, 0.25) is 10.0 Å². The van der Waals surface area contributed by atoms with Crippen LogP contribution in [0.3, 0.4) is 0 Å². The van der Waals surface area contributed by atoms with Gasteiger partial charge in [-0.25, -0.2) is 8.42 Å². The monoisotopic (exact) mass is 396 g/mol. The summed E-state index contributed by atoms with van der Waals surface area (Å²) >= 11 is 0. The largest absolute Gasteiger partial charge is 0.393 e. The lowest BCUT2D eigenvalue weighted by Gasteiger charge is -2.22. The van der Waals surface area contributed by atoms with Crippen LogP contribution in [0.4, 0.5) is 0 Å². The number of aliphatic hydroxyl groups excluding tert-OH is 1. The highest BCUT2D eigenvalue weighted by Gasteiger charge is 2.27. The molecule has 0 aromatic heterocycles. The standard InChI is InChI=1S/C19H28N2O5S/c22-17-4-2-9-21(10-6-17)27(24,25)18-5-1-3-16(13-18)19(23)20-14-15-7-11-26-12-8-15/h1,3,5,13,15,17,22H,2,4,6-12,14H2,(H,20,23)/t17-/m1/s1. The number of aliphatic hydroxyl groups is 1. The third-order valence-corrected chi connectivity index (χ3v) is 7.18. The first-order chi connectivity index (χ1) is 13.0. The van der Waals surface area contributed by atoms with Gasteiger partial charge in [0, 0.05) is 38.4 Å². The van der Waals surface area contributed by atoms with E-state index in [2.05, 4.69) is 5.32 Å². The van der Waals surface area contributed by atoms with Crippen LogP contribution in [0.15, 0.2) is 29.2 Å². The molecule has 0 spiro atoms. The number of ether oxygens (including phenoxy) is 1. The number of hydrogen-bond donors (Lipinski definition) is 2. The van der Waals surface area contributed by atoms with E-state index in [0.717, 1.165) is 26.1 Å². The number of hydrogen-bond acceptors (Lipinski definition) is 5. The highest BCUT2D eigenvalue weighted by atomic mass is 32.2. The van der Waals surface area contributed by atoms with Gasteiger partial charge in [-0.05, 0) is 56.2 Å². The summed E-state index contributed by atoms with van der Waals surface area (Å²) < 4.78 is 32.6. The van der Waals surface area contributed by atoms with Crippen molar-refractivity contribution in [1.82, 2.24) is 9.62 Å². The van der Waals surface area contributed by atoms with Crippen LogP contribution in [0.2, 0.25) is 0 Å². The van der Waals surface area contributed by atoms with Gasteiger partial charge in [-0.15, -0.1) is 0 Å². The van der Waals surface area contributed by atoms with Crippen molar-refractivity contribution in [3.63, 3.8) is 0 Å². The molecule has 27 heavy (non-hydrogen) atoms. The molecule has 2 saturated heterocycles. The van der Waals surface area contributed by atoms with Gasteiger partial charge in [0.05, 0.1) is 11.0 Å². The van der Waals surface area contributed by atoms with Gasteiger partial charge in [-0.1, -0.05) is 6.07 Å². The van der Waals surface area contributed by atoms with Crippen molar-refractivity contribution in [3.8, 4) is 0 Å². The summed E-state index contributed by atoms with van der Waals surface area (Å²) in [6.45, 7) is 2.70. The molecule has 7 nitrogen and oxygen atoms in total. The summed E-state index contributed by atoms with van der Waals surface area (Å²) in [6.07, 6.45) is 3.08. The minimum atomic E-state index is -3.67. The van der Waals surface area contributed by atoms with E-state index in [-0.39, 0.29) is 10.8 Å². The van der Waals surface area contributed by atoms with Crippen molar-refractivity contribution in [1.29, 1.82) is 0 Å². The average Bonchev–Trinajstić information content (AvgIpc) is 2.92. The van der Waals surface area contributed by atoms with E-state index in [9.17, 15) is 18.3 Å². The molecular weight excluding hydrogens is 368 g/mol. The summed E-state index contributed by atoms with van der Waals surface area (Å²) in [4.78, 5) is 12.6. The first-order valence-electron chi connectivity index (χ1n) is 9.61. The van der Waals surface area contributed by atoms with E-state index < -0.39 is 16.1 Å². The molecule has 2 aliphatic heterocycles. The number of nitrogens with one attached hydrogen (secondary N) is 1. The van der Waals surface area contributed by atoms with Crippen molar-refractivity contribution in [2.45, 2.75) is 43.1 Å². The Hall–Kier alpha value is -1.48. The number of amides is 1. The second-order valence-corrected chi connectivity index (χ2v) is 9.22. The van der Waals surface area contributed by atoms with E-state index in [1.807, 2.05) is 0 Å². The summed E-state index contributed by atoms with van der Waals surface area (Å²) in [5.74, 6) is 0.142. The average molecular weight is 397 g/mol. The first kappa shape index (κ1) is 20.3. The second-order valence-electron chi connectivity index (χ2n) is 7.28. The number of nitrogens with zero attached hydrogens (tertiary/aromatic N) is 1. The Morgan fingerprint density at radius 2 is 1.96 bits per heavy atom. The number of carbonyl (C=O) groups is 1. The van der Waals surface area contributed by atoms with Crippen molar-refractivity contribution >= 4 is 15.9 Å². The zero-order chi connectivity index (χ0) is 19.3. The van der Waals surface area contributed by atoms with Crippen molar-refractivity contribution in [2.24, 2.45) is 5.92 Å². The Morgan fingerprint density at radius 1 is 1.19 bits per heavy atom. The van der Waals surface area contributed by atoms with Gasteiger partial charge in [0.1, 0.15) is 0 Å². The molecule has 0 saturated carbocycles. The van der Waals surface area contributed by atoms with Gasteiger partial charge in [0.25, 0.3) is 5.91 Å². The molecule has 3 rings (SSSR count). The SMILES string of the molecule is O=C(NCC1CCOCC1)c1cccc(S(=O)(=O)N2CCC[C@@H](O)CC2)c1. The maximum absolute atomic E-state index is 12.9. The second kappa shape index (κ2) is 9.14. The van der Waals surface area contributed by atoms with Crippen LogP contribution in [0, 0.1) is 5.92 Å². The number of carbonyl (C=O) groups excluding carboxylic acids is 1. The van der Waals surface area contributed by atoms with Gasteiger partial charge in [-0.2, -0.15) is 4.31 Å². The van der Waals surface area contributed by atoms with E-state index in [1.165, 1.54) is 16.4 Å². The smallest absolute Gasteiger partial charge is 0.251 e. The predicted molar refractivity (Wildman–Crippen MR) is 101 cm³/mol. The maximum Gasteiger partial charge on any atom is 0.251 e. The van der Waals surface area contributed by atoms with Crippen molar-refractivity contribution in [3.05, 3.63) is 29.8 Å². The summed E-state index contributed by atoms with van der Waals surface area (Å²) in [6, 6.07) is 6.19. The molecule has 2 heterocycles. The number of sulfonamides is 1. The normalized spacial score (nSPS) is 22.9. The molecule has 1 aromatic rings. The maximum atomic E-state index is 12.9. The lowest BCUT2D eigenvalue weighted by Crippen LogP contribution is -2.33. The molecular formula is C19H28N2O5S. The molecule has 0 radical (unpaired) electrons. The molecule has 2 fully saturated rings. The predicted octanol–water partition coefficient (Wildman–Crippen LogP) is 1.38. The molecule has 150 valence electrons. The Labute approximate surface area is 160 Å². The number of benzene rings is 1. The molecule has 0 unspecified atom stereocenters. The quantitative estimate of drug-likeness (QED) is 0.784. The molecule has 0 aliphatic carbocycles. The Morgan fingerprint density at radius 3 is 2.74 bits per heavy atom. The van der Waals surface area contributed by atoms with E-state index in [4.69, 9.17) is 4.74 Å². The highest BCUT2D eigenvalue weighted by molar-refractivity contribution is 7.89. The fourth-order valence-corrected chi connectivity index (χ4v) is 5.07. The highest BCUT2D eigenvalue weighted by Crippen LogP contribution is 2.21. The summed E-state index contributed by atoms with van der Waals surface area (Å²) in [5, 5.41) is 12.7. The molecule has 8 heteroatoms. The molecule has 2 aliphatic rings. The van der Waals surface area contributed by atoms with Crippen LogP contribution < -0.4 is 5.32 Å². The summed E-state index contributed by atoms with van der Waals surface area (Å²) in [5.41, 5.74) is 0.345. The van der Waals surface area contributed by atoms with E-state index in [0.29, 0.717) is 50.4 Å². The zero-order valence-corrected chi connectivity index (χ0v) is 16.3. The van der Waals surface area contributed by atoms with Crippen molar-refractivity contribution < 1.29 is 23.1 Å². The molecule has 1 amide bonds. The molecule has 1 aromatic carbocycles. The Kier molecular flexibility index (Phi) is 6.86. The van der Waals surface area contributed by atoms with Gasteiger partial charge in [-0.3, -0.25) is 4.79 Å². The van der Waals surface area contributed by atoms with Crippen LogP contribution in [-0.2, 0) is 14.8 Å². The Balaban J connectivity index is 1.67. The van der Waals surface area contributed by atoms with E-state index in [1.54, 1.807) is 12.1 Å². The fourth-order valence-electron chi connectivity index (χ4n) is 3.53. The minimum absolute atomic E-state index is 0.123. The lowest BCUT2D eigenvalue weighted by atomic mass is 10.0. The van der Waals surface area contributed by atoms with Crippen LogP contribution in [0.5, 0.6) is 0 Å². The number of rotatable bonds is 5. The zero-order valence-electron chi connectivity index (χ0n) is 15.5. The minimum Gasteiger partial charge on any atom is -0.393 e. The topological polar surface area (TPSA) is 95.9 Å². The molecule has 2 N–H and O–H groups in total. The van der Waals surface area contributed by atoms with Crippen LogP contribution in [0.25, 0.3) is 0 Å². The first-order valence-corrected chi connectivity index (χ1v) is 11.0. The van der Waals surface area contributed by atoms with Gasteiger partial charge >= 0.3 is 0 Å². The van der Waals surface area contributed by atoms with Crippen molar-refractivity contribution in [2.75, 3.05) is 32.8 Å². The third kappa shape index (κ3) is 5.28. The van der Waals surface area contributed by atoms with Gasteiger partial charge < -0.3 is 15.2 Å². The fraction of sp³-hybridized carbons (Fsp3) is 0.632.